The van der Waals surface area contributed by atoms with Crippen LogP contribution in [0.3, 0.4) is 0 Å². The lowest BCUT2D eigenvalue weighted by atomic mass is 9.97. The van der Waals surface area contributed by atoms with E-state index in [9.17, 15) is 0 Å². The molecule has 1 saturated heterocycles. The van der Waals surface area contributed by atoms with Crippen LogP contribution in [0.1, 0.15) is 18.9 Å². The summed E-state index contributed by atoms with van der Waals surface area (Å²) in [7, 11) is 0. The van der Waals surface area contributed by atoms with Gasteiger partial charge in [0.15, 0.2) is 0 Å². The molecule has 2 heterocycles. The average Bonchev–Trinajstić information content (AvgIpc) is 2.06. The van der Waals surface area contributed by atoms with Crippen molar-refractivity contribution in [2.75, 3.05) is 18.0 Å². The van der Waals surface area contributed by atoms with Crippen LogP contribution < -0.4 is 4.90 Å². The first-order chi connectivity index (χ1) is 6.70. The Kier molecular flexibility index (Phi) is 2.77. The topological polar surface area (TPSA) is 16.1 Å². The lowest BCUT2D eigenvalue weighted by Gasteiger charge is -2.40. The molecular formula is C11H15BrN2. The molecule has 0 bridgehead atoms. The van der Waals surface area contributed by atoms with Crippen LogP contribution in [0.4, 0.5) is 5.82 Å². The van der Waals surface area contributed by atoms with Crippen molar-refractivity contribution in [1.82, 2.24) is 4.98 Å². The van der Waals surface area contributed by atoms with Gasteiger partial charge in [-0.3, -0.25) is 0 Å². The van der Waals surface area contributed by atoms with Gasteiger partial charge in [-0.2, -0.15) is 0 Å². The summed E-state index contributed by atoms with van der Waals surface area (Å²) in [6.07, 6.45) is 3.16. The highest BCUT2D eigenvalue weighted by atomic mass is 79.9. The van der Waals surface area contributed by atoms with Gasteiger partial charge in [0, 0.05) is 23.8 Å². The molecule has 0 aliphatic carbocycles. The molecule has 0 aromatic carbocycles. The fourth-order valence-electron chi connectivity index (χ4n) is 1.87. The SMILES string of the molecule is CCC1CN(c2ncc(Br)cc2C)C1. The average molecular weight is 255 g/mol. The van der Waals surface area contributed by atoms with Crippen LogP contribution in [-0.2, 0) is 0 Å². The molecule has 1 aromatic heterocycles. The van der Waals surface area contributed by atoms with Gasteiger partial charge in [-0.25, -0.2) is 4.98 Å². The maximum Gasteiger partial charge on any atom is 0.131 e. The van der Waals surface area contributed by atoms with Gasteiger partial charge in [-0.1, -0.05) is 6.92 Å². The summed E-state index contributed by atoms with van der Waals surface area (Å²) in [6, 6.07) is 2.13. The van der Waals surface area contributed by atoms with E-state index < -0.39 is 0 Å². The van der Waals surface area contributed by atoms with E-state index in [4.69, 9.17) is 0 Å². The van der Waals surface area contributed by atoms with E-state index in [1.165, 1.54) is 25.1 Å². The second-order valence-electron chi connectivity index (χ2n) is 3.97. The summed E-state index contributed by atoms with van der Waals surface area (Å²) in [6.45, 7) is 6.72. The number of pyridine rings is 1. The van der Waals surface area contributed by atoms with Gasteiger partial charge in [0.2, 0.25) is 0 Å². The minimum absolute atomic E-state index is 0.875. The maximum absolute atomic E-state index is 4.45. The van der Waals surface area contributed by atoms with Crippen LogP contribution in [-0.4, -0.2) is 18.1 Å². The summed E-state index contributed by atoms with van der Waals surface area (Å²) >= 11 is 3.43. The Bertz CT molecular complexity index is 332. The van der Waals surface area contributed by atoms with Gasteiger partial charge in [-0.05, 0) is 46.8 Å². The first-order valence-electron chi connectivity index (χ1n) is 5.07. The molecule has 0 radical (unpaired) electrons. The Labute approximate surface area is 93.5 Å². The zero-order chi connectivity index (χ0) is 10.1. The number of aryl methyl sites for hydroxylation is 1. The quantitative estimate of drug-likeness (QED) is 0.807. The van der Waals surface area contributed by atoms with E-state index in [-0.39, 0.29) is 0 Å². The smallest absolute Gasteiger partial charge is 0.131 e. The van der Waals surface area contributed by atoms with Crippen molar-refractivity contribution in [3.8, 4) is 0 Å². The maximum atomic E-state index is 4.45. The summed E-state index contributed by atoms with van der Waals surface area (Å²) in [5.74, 6) is 2.03. The number of anilines is 1. The fraction of sp³-hybridized carbons (Fsp3) is 0.545. The Hall–Kier alpha value is -0.570. The molecule has 2 rings (SSSR count). The van der Waals surface area contributed by atoms with E-state index in [0.717, 1.165) is 16.2 Å². The van der Waals surface area contributed by atoms with Crippen LogP contribution in [0.15, 0.2) is 16.7 Å². The molecule has 0 atom stereocenters. The number of halogens is 1. The fourth-order valence-corrected chi connectivity index (χ4v) is 2.31. The summed E-state index contributed by atoms with van der Waals surface area (Å²) in [4.78, 5) is 6.80. The van der Waals surface area contributed by atoms with Crippen molar-refractivity contribution in [2.45, 2.75) is 20.3 Å². The zero-order valence-corrected chi connectivity index (χ0v) is 10.2. The first kappa shape index (κ1) is 9.97. The summed E-state index contributed by atoms with van der Waals surface area (Å²) in [5, 5.41) is 0. The van der Waals surface area contributed by atoms with Crippen LogP contribution >= 0.6 is 15.9 Å². The Morgan fingerprint density at radius 2 is 2.29 bits per heavy atom. The van der Waals surface area contributed by atoms with E-state index in [1.54, 1.807) is 0 Å². The molecule has 0 spiro atoms. The summed E-state index contributed by atoms with van der Waals surface area (Å²) < 4.78 is 1.06. The van der Waals surface area contributed by atoms with E-state index in [2.05, 4.69) is 45.7 Å². The molecule has 3 heteroatoms. The van der Waals surface area contributed by atoms with Gasteiger partial charge in [0.1, 0.15) is 5.82 Å². The number of rotatable bonds is 2. The van der Waals surface area contributed by atoms with Crippen LogP contribution in [0.2, 0.25) is 0 Å². The number of hydrogen-bond donors (Lipinski definition) is 0. The molecule has 0 amide bonds. The Morgan fingerprint density at radius 3 is 2.86 bits per heavy atom. The molecule has 76 valence electrons. The normalized spacial score (nSPS) is 16.9. The van der Waals surface area contributed by atoms with Gasteiger partial charge < -0.3 is 4.90 Å². The Balaban J connectivity index is 2.11. The van der Waals surface area contributed by atoms with Crippen molar-refractivity contribution >= 4 is 21.7 Å². The largest absolute Gasteiger partial charge is 0.356 e. The predicted molar refractivity (Wildman–Crippen MR) is 62.7 cm³/mol. The van der Waals surface area contributed by atoms with Crippen molar-refractivity contribution in [3.05, 3.63) is 22.3 Å². The van der Waals surface area contributed by atoms with E-state index >= 15 is 0 Å². The van der Waals surface area contributed by atoms with Crippen LogP contribution in [0.25, 0.3) is 0 Å². The molecule has 0 saturated carbocycles. The third-order valence-corrected chi connectivity index (χ3v) is 3.28. The van der Waals surface area contributed by atoms with Gasteiger partial charge in [-0.15, -0.1) is 0 Å². The van der Waals surface area contributed by atoms with Crippen molar-refractivity contribution in [1.29, 1.82) is 0 Å². The monoisotopic (exact) mass is 254 g/mol. The highest BCUT2D eigenvalue weighted by Crippen LogP contribution is 2.28. The van der Waals surface area contributed by atoms with Crippen molar-refractivity contribution in [2.24, 2.45) is 5.92 Å². The molecule has 1 aliphatic heterocycles. The van der Waals surface area contributed by atoms with Gasteiger partial charge in [0.05, 0.1) is 0 Å². The minimum Gasteiger partial charge on any atom is -0.356 e. The number of aromatic nitrogens is 1. The number of hydrogen-bond acceptors (Lipinski definition) is 2. The zero-order valence-electron chi connectivity index (χ0n) is 8.63. The lowest BCUT2D eigenvalue weighted by molar-refractivity contribution is 0.395. The molecule has 2 nitrogen and oxygen atoms in total. The molecule has 14 heavy (non-hydrogen) atoms. The van der Waals surface area contributed by atoms with Crippen molar-refractivity contribution < 1.29 is 0 Å². The molecule has 1 fully saturated rings. The highest BCUT2D eigenvalue weighted by molar-refractivity contribution is 9.10. The van der Waals surface area contributed by atoms with Crippen LogP contribution in [0, 0.1) is 12.8 Å². The molecule has 0 unspecified atom stereocenters. The van der Waals surface area contributed by atoms with Gasteiger partial charge >= 0.3 is 0 Å². The molecule has 1 aliphatic rings. The van der Waals surface area contributed by atoms with Crippen molar-refractivity contribution in [3.63, 3.8) is 0 Å². The third kappa shape index (κ3) is 1.78. The lowest BCUT2D eigenvalue weighted by Crippen LogP contribution is -2.47. The third-order valence-electron chi connectivity index (χ3n) is 2.85. The molecule has 1 aromatic rings. The molecule has 0 N–H and O–H groups in total. The second kappa shape index (κ2) is 3.89. The molecular weight excluding hydrogens is 240 g/mol. The predicted octanol–water partition coefficient (Wildman–Crippen LogP) is 3.00. The standard InChI is InChI=1S/C11H15BrN2/c1-3-9-6-14(7-9)11-8(2)4-10(12)5-13-11/h4-5,9H,3,6-7H2,1-2H3. The van der Waals surface area contributed by atoms with E-state index in [1.807, 2.05) is 6.20 Å². The Morgan fingerprint density at radius 1 is 1.57 bits per heavy atom. The van der Waals surface area contributed by atoms with Crippen LogP contribution in [0.5, 0.6) is 0 Å². The van der Waals surface area contributed by atoms with Gasteiger partial charge in [0.25, 0.3) is 0 Å². The first-order valence-corrected chi connectivity index (χ1v) is 5.87. The number of nitrogens with zero attached hydrogens (tertiary/aromatic N) is 2. The highest BCUT2D eigenvalue weighted by Gasteiger charge is 2.26. The minimum atomic E-state index is 0.875. The second-order valence-corrected chi connectivity index (χ2v) is 4.89. The summed E-state index contributed by atoms with van der Waals surface area (Å²) in [5.41, 5.74) is 1.26. The van der Waals surface area contributed by atoms with E-state index in [0.29, 0.717) is 0 Å².